The molecule has 27 heavy (non-hydrogen) atoms. The molecule has 0 aliphatic carbocycles. The van der Waals surface area contributed by atoms with Gasteiger partial charge in [-0.15, -0.1) is 10.2 Å². The minimum absolute atomic E-state index is 0.660. The molecule has 7 heteroatoms. The van der Waals surface area contributed by atoms with Gasteiger partial charge in [0.1, 0.15) is 16.5 Å². The number of nitrogens with zero attached hydrogens (tertiary/aromatic N) is 5. The maximum absolute atomic E-state index is 5.21. The highest BCUT2D eigenvalue weighted by Gasteiger charge is 2.15. The van der Waals surface area contributed by atoms with E-state index in [0.717, 1.165) is 38.7 Å². The number of rotatable bonds is 4. The molecule has 0 radical (unpaired) electrons. The average Bonchev–Trinajstić information content (AvgIpc) is 3.28. The standard InChI is InChI=1S/C20H15N5OS/c1-26-15-9-6-13(7-10-15)12-18-24-25-19(22-23-20(25)27-18)17-11-8-14-4-2-3-5-16(14)21-17/h2-11H,12H2,1H3. The molecule has 0 fully saturated rings. The Morgan fingerprint density at radius 1 is 0.963 bits per heavy atom. The van der Waals surface area contributed by atoms with Gasteiger partial charge in [-0.3, -0.25) is 0 Å². The predicted octanol–water partition coefficient (Wildman–Crippen LogP) is 4.00. The molecule has 6 nitrogen and oxygen atoms in total. The lowest BCUT2D eigenvalue weighted by Gasteiger charge is -2.01. The molecule has 5 rings (SSSR count). The van der Waals surface area contributed by atoms with E-state index >= 15 is 0 Å². The van der Waals surface area contributed by atoms with Gasteiger partial charge in [-0.05, 0) is 29.8 Å². The number of fused-ring (bicyclic) bond motifs is 2. The Kier molecular flexibility index (Phi) is 3.79. The van der Waals surface area contributed by atoms with Crippen LogP contribution in [0, 0.1) is 0 Å². The summed E-state index contributed by atoms with van der Waals surface area (Å²) in [5.74, 6) is 1.51. The van der Waals surface area contributed by atoms with Gasteiger partial charge in [0, 0.05) is 11.8 Å². The molecule has 0 atom stereocenters. The summed E-state index contributed by atoms with van der Waals surface area (Å²) in [6.45, 7) is 0. The first-order chi connectivity index (χ1) is 13.3. The summed E-state index contributed by atoms with van der Waals surface area (Å²) in [4.78, 5) is 5.47. The summed E-state index contributed by atoms with van der Waals surface area (Å²) in [5, 5.41) is 15.3. The summed E-state index contributed by atoms with van der Waals surface area (Å²) >= 11 is 1.54. The fraction of sp³-hybridized carbons (Fsp3) is 0.100. The summed E-state index contributed by atoms with van der Waals surface area (Å²) in [6.07, 6.45) is 0.739. The van der Waals surface area contributed by atoms with Gasteiger partial charge in [-0.2, -0.15) is 9.61 Å². The van der Waals surface area contributed by atoms with Crippen LogP contribution in [0.2, 0.25) is 0 Å². The molecule has 0 spiro atoms. The van der Waals surface area contributed by atoms with Gasteiger partial charge in [0.2, 0.25) is 10.8 Å². The number of methoxy groups -OCH3 is 1. The van der Waals surface area contributed by atoms with Crippen LogP contribution in [0.3, 0.4) is 0 Å². The predicted molar refractivity (Wildman–Crippen MR) is 105 cm³/mol. The zero-order chi connectivity index (χ0) is 18.2. The van der Waals surface area contributed by atoms with Crippen LogP contribution < -0.4 is 4.74 Å². The minimum atomic E-state index is 0.660. The van der Waals surface area contributed by atoms with E-state index in [9.17, 15) is 0 Å². The van der Waals surface area contributed by atoms with Crippen LogP contribution in [0.5, 0.6) is 5.75 Å². The molecule has 0 saturated heterocycles. The molecule has 0 aliphatic rings. The van der Waals surface area contributed by atoms with E-state index < -0.39 is 0 Å². The topological polar surface area (TPSA) is 65.2 Å². The number of hydrogen-bond acceptors (Lipinski definition) is 6. The quantitative estimate of drug-likeness (QED) is 0.476. The van der Waals surface area contributed by atoms with Crippen LogP contribution >= 0.6 is 11.3 Å². The second-order valence-electron chi connectivity index (χ2n) is 6.13. The van der Waals surface area contributed by atoms with Crippen LogP contribution in [-0.2, 0) is 6.42 Å². The summed E-state index contributed by atoms with van der Waals surface area (Å²) < 4.78 is 6.99. The van der Waals surface area contributed by atoms with Gasteiger partial charge in [-0.1, -0.05) is 47.7 Å². The summed E-state index contributed by atoms with van der Waals surface area (Å²) in [7, 11) is 1.67. The van der Waals surface area contributed by atoms with Crippen LogP contribution in [0.25, 0.3) is 27.4 Å². The Morgan fingerprint density at radius 3 is 2.67 bits per heavy atom. The largest absolute Gasteiger partial charge is 0.497 e. The first-order valence-electron chi connectivity index (χ1n) is 8.50. The van der Waals surface area contributed by atoms with Gasteiger partial charge in [0.15, 0.2) is 0 Å². The Morgan fingerprint density at radius 2 is 1.81 bits per heavy atom. The fourth-order valence-corrected chi connectivity index (χ4v) is 3.86. The first-order valence-corrected chi connectivity index (χ1v) is 9.32. The number of ether oxygens (including phenoxy) is 1. The van der Waals surface area contributed by atoms with Crippen molar-refractivity contribution in [2.75, 3.05) is 7.11 Å². The lowest BCUT2D eigenvalue weighted by molar-refractivity contribution is 0.414. The van der Waals surface area contributed by atoms with E-state index in [4.69, 9.17) is 14.8 Å². The maximum atomic E-state index is 5.21. The molecule has 0 unspecified atom stereocenters. The molecule has 0 bridgehead atoms. The Labute approximate surface area is 159 Å². The third kappa shape index (κ3) is 2.92. The zero-order valence-electron chi connectivity index (χ0n) is 14.5. The molecule has 0 N–H and O–H groups in total. The molecule has 5 aromatic rings. The van der Waals surface area contributed by atoms with Crippen molar-refractivity contribution in [1.29, 1.82) is 0 Å². The van der Waals surface area contributed by atoms with Crippen LogP contribution in [0.15, 0.2) is 60.7 Å². The van der Waals surface area contributed by atoms with E-state index in [2.05, 4.69) is 10.2 Å². The lowest BCUT2D eigenvalue weighted by Crippen LogP contribution is -1.95. The molecule has 132 valence electrons. The van der Waals surface area contributed by atoms with Crippen molar-refractivity contribution in [2.45, 2.75) is 6.42 Å². The van der Waals surface area contributed by atoms with E-state index in [-0.39, 0.29) is 0 Å². The van der Waals surface area contributed by atoms with Gasteiger partial charge >= 0.3 is 0 Å². The summed E-state index contributed by atoms with van der Waals surface area (Å²) in [5.41, 5.74) is 2.87. The van der Waals surface area contributed by atoms with Crippen molar-refractivity contribution in [2.24, 2.45) is 0 Å². The van der Waals surface area contributed by atoms with Gasteiger partial charge in [-0.25, -0.2) is 4.98 Å². The number of benzene rings is 2. The van der Waals surface area contributed by atoms with E-state index in [1.807, 2.05) is 60.7 Å². The number of pyridine rings is 1. The first kappa shape index (κ1) is 15.9. The molecule has 3 heterocycles. The molecule has 0 saturated carbocycles. The molecule has 0 amide bonds. The molecule has 3 aromatic heterocycles. The van der Waals surface area contributed by atoms with Crippen LogP contribution in [-0.4, -0.2) is 31.9 Å². The van der Waals surface area contributed by atoms with Gasteiger partial charge in [0.05, 0.1) is 12.6 Å². The van der Waals surface area contributed by atoms with Crippen LogP contribution in [0.4, 0.5) is 0 Å². The van der Waals surface area contributed by atoms with Crippen molar-refractivity contribution in [1.82, 2.24) is 24.8 Å². The third-order valence-electron chi connectivity index (χ3n) is 4.37. The normalized spacial score (nSPS) is 11.3. The Bertz CT molecular complexity index is 1240. The van der Waals surface area contributed by atoms with Crippen molar-refractivity contribution < 1.29 is 4.74 Å². The lowest BCUT2D eigenvalue weighted by atomic mass is 10.1. The molecule has 0 aliphatic heterocycles. The van der Waals surface area contributed by atoms with Gasteiger partial charge < -0.3 is 4.74 Å². The monoisotopic (exact) mass is 373 g/mol. The fourth-order valence-electron chi connectivity index (χ4n) is 3.00. The molecule has 2 aromatic carbocycles. The third-order valence-corrected chi connectivity index (χ3v) is 5.27. The van der Waals surface area contributed by atoms with Gasteiger partial charge in [0.25, 0.3) is 0 Å². The SMILES string of the molecule is COc1ccc(Cc2nn3c(-c4ccc5ccccc5n4)nnc3s2)cc1. The highest BCUT2D eigenvalue weighted by molar-refractivity contribution is 7.16. The maximum Gasteiger partial charge on any atom is 0.235 e. The second-order valence-corrected chi connectivity index (χ2v) is 7.17. The highest BCUT2D eigenvalue weighted by Crippen LogP contribution is 2.24. The molecular formula is C20H15N5OS. The number of hydrogen-bond donors (Lipinski definition) is 0. The Balaban J connectivity index is 1.50. The highest BCUT2D eigenvalue weighted by atomic mass is 32.1. The second kappa shape index (κ2) is 6.44. The zero-order valence-corrected chi connectivity index (χ0v) is 15.3. The Hall–Kier alpha value is -3.32. The average molecular weight is 373 g/mol. The van der Waals surface area contributed by atoms with E-state index in [1.54, 1.807) is 23.0 Å². The molecular weight excluding hydrogens is 358 g/mol. The number of para-hydroxylation sites is 1. The van der Waals surface area contributed by atoms with Crippen molar-refractivity contribution >= 4 is 27.2 Å². The van der Waals surface area contributed by atoms with Crippen molar-refractivity contribution in [3.8, 4) is 17.3 Å². The number of aromatic nitrogens is 5. The van der Waals surface area contributed by atoms with E-state index in [1.165, 1.54) is 5.56 Å². The van der Waals surface area contributed by atoms with Crippen LogP contribution in [0.1, 0.15) is 10.6 Å². The van der Waals surface area contributed by atoms with E-state index in [0.29, 0.717) is 5.82 Å². The smallest absolute Gasteiger partial charge is 0.235 e. The van der Waals surface area contributed by atoms with Crippen molar-refractivity contribution in [3.05, 3.63) is 71.2 Å². The minimum Gasteiger partial charge on any atom is -0.497 e. The summed E-state index contributed by atoms with van der Waals surface area (Å²) in [6, 6.07) is 20.0. The van der Waals surface area contributed by atoms with Crippen molar-refractivity contribution in [3.63, 3.8) is 0 Å².